The van der Waals surface area contributed by atoms with E-state index < -0.39 is 0 Å². The highest BCUT2D eigenvalue weighted by molar-refractivity contribution is 7.80. The molecule has 0 saturated heterocycles. The van der Waals surface area contributed by atoms with Crippen LogP contribution in [-0.4, -0.2) is 15.0 Å². The van der Waals surface area contributed by atoms with Gasteiger partial charge >= 0.3 is 0 Å². The van der Waals surface area contributed by atoms with E-state index in [4.69, 9.17) is 18.0 Å². The van der Waals surface area contributed by atoms with E-state index in [0.29, 0.717) is 17.2 Å². The van der Waals surface area contributed by atoms with Crippen LogP contribution in [0.15, 0.2) is 30.6 Å². The van der Waals surface area contributed by atoms with Gasteiger partial charge in [0, 0.05) is 18.1 Å². The smallest absolute Gasteiger partial charge is 0.159 e. The molecule has 0 radical (unpaired) electrons. The molecule has 0 aliphatic heterocycles. The van der Waals surface area contributed by atoms with Crippen LogP contribution in [0.4, 0.5) is 15.9 Å². The van der Waals surface area contributed by atoms with Crippen LogP contribution in [-0.2, 0) is 0 Å². The van der Waals surface area contributed by atoms with Crippen molar-refractivity contribution in [2.24, 2.45) is 5.73 Å². The van der Waals surface area contributed by atoms with E-state index in [9.17, 15) is 4.39 Å². The van der Waals surface area contributed by atoms with Crippen LogP contribution in [0.25, 0.3) is 0 Å². The molecule has 0 unspecified atom stereocenters. The van der Waals surface area contributed by atoms with Crippen LogP contribution in [0.3, 0.4) is 0 Å². The zero-order chi connectivity index (χ0) is 13.1. The lowest BCUT2D eigenvalue weighted by Crippen LogP contribution is -2.15. The average molecular weight is 262 g/mol. The van der Waals surface area contributed by atoms with Gasteiger partial charge in [-0.1, -0.05) is 12.2 Å². The van der Waals surface area contributed by atoms with Crippen molar-refractivity contribution in [1.82, 2.24) is 9.97 Å². The number of halogens is 1. The molecule has 92 valence electrons. The van der Waals surface area contributed by atoms with Crippen molar-refractivity contribution in [3.05, 3.63) is 47.7 Å². The topological polar surface area (TPSA) is 63.8 Å². The summed E-state index contributed by atoms with van der Waals surface area (Å²) in [5.74, 6) is 0.0910. The number of nitrogens with one attached hydrogen (secondary N) is 1. The lowest BCUT2D eigenvalue weighted by molar-refractivity contribution is 0.627. The molecule has 6 heteroatoms. The van der Waals surface area contributed by atoms with Crippen molar-refractivity contribution in [2.45, 2.75) is 6.92 Å². The molecule has 0 fully saturated rings. The van der Waals surface area contributed by atoms with Crippen LogP contribution in [0.5, 0.6) is 0 Å². The molecule has 2 aromatic rings. The maximum absolute atomic E-state index is 13.3. The minimum absolute atomic E-state index is 0.138. The Bertz CT molecular complexity index is 580. The maximum atomic E-state index is 13.3. The summed E-state index contributed by atoms with van der Waals surface area (Å²) in [7, 11) is 0. The van der Waals surface area contributed by atoms with E-state index in [1.54, 1.807) is 13.0 Å². The lowest BCUT2D eigenvalue weighted by atomic mass is 10.2. The van der Waals surface area contributed by atoms with Gasteiger partial charge < -0.3 is 11.1 Å². The number of hydrogen-bond acceptors (Lipinski definition) is 4. The van der Waals surface area contributed by atoms with Crippen molar-refractivity contribution in [2.75, 3.05) is 5.32 Å². The molecule has 0 spiro atoms. The van der Waals surface area contributed by atoms with Gasteiger partial charge in [-0.2, -0.15) is 0 Å². The minimum atomic E-state index is -0.321. The molecular weight excluding hydrogens is 251 g/mol. The van der Waals surface area contributed by atoms with Crippen molar-refractivity contribution in [3.63, 3.8) is 0 Å². The summed E-state index contributed by atoms with van der Waals surface area (Å²) in [6.45, 7) is 1.80. The Labute approximate surface area is 109 Å². The predicted molar refractivity (Wildman–Crippen MR) is 72.3 cm³/mol. The van der Waals surface area contributed by atoms with E-state index in [1.807, 2.05) is 0 Å². The average Bonchev–Trinajstić information content (AvgIpc) is 2.27. The van der Waals surface area contributed by atoms with E-state index in [2.05, 4.69) is 15.3 Å². The van der Waals surface area contributed by atoms with Crippen LogP contribution in [0.2, 0.25) is 0 Å². The Morgan fingerprint density at radius 3 is 2.67 bits per heavy atom. The minimum Gasteiger partial charge on any atom is -0.388 e. The first-order valence-electron chi connectivity index (χ1n) is 5.21. The molecule has 0 amide bonds. The third-order valence-corrected chi connectivity index (χ3v) is 2.43. The highest BCUT2D eigenvalue weighted by Crippen LogP contribution is 2.19. The van der Waals surface area contributed by atoms with Gasteiger partial charge in [-0.05, 0) is 30.7 Å². The largest absolute Gasteiger partial charge is 0.388 e. The van der Waals surface area contributed by atoms with E-state index in [0.717, 1.165) is 5.56 Å². The second-order valence-electron chi connectivity index (χ2n) is 3.76. The number of benzene rings is 1. The molecule has 0 bridgehead atoms. The van der Waals surface area contributed by atoms with Crippen LogP contribution < -0.4 is 11.1 Å². The summed E-state index contributed by atoms with van der Waals surface area (Å²) < 4.78 is 13.3. The normalized spacial score (nSPS) is 10.1. The fraction of sp³-hybridized carbons (Fsp3) is 0.0833. The summed E-state index contributed by atoms with van der Waals surface area (Å²) in [4.78, 5) is 8.26. The quantitative estimate of drug-likeness (QED) is 0.831. The van der Waals surface area contributed by atoms with E-state index in [1.165, 1.54) is 24.5 Å². The molecule has 1 heterocycles. The van der Waals surface area contributed by atoms with Gasteiger partial charge in [-0.25, -0.2) is 14.4 Å². The monoisotopic (exact) mass is 262 g/mol. The molecule has 0 saturated carbocycles. The van der Waals surface area contributed by atoms with Crippen molar-refractivity contribution >= 4 is 28.7 Å². The molecule has 1 aromatic carbocycles. The Morgan fingerprint density at radius 2 is 2.00 bits per heavy atom. The van der Waals surface area contributed by atoms with Gasteiger partial charge in [0.05, 0.1) is 0 Å². The number of nitrogens with zero attached hydrogens (tertiary/aromatic N) is 2. The molecule has 4 nitrogen and oxygen atoms in total. The fourth-order valence-electron chi connectivity index (χ4n) is 1.56. The van der Waals surface area contributed by atoms with Crippen molar-refractivity contribution in [1.29, 1.82) is 0 Å². The Kier molecular flexibility index (Phi) is 3.47. The molecule has 3 N–H and O–H groups in total. The van der Waals surface area contributed by atoms with Crippen LogP contribution in [0.1, 0.15) is 11.3 Å². The Balaban J connectivity index is 2.37. The van der Waals surface area contributed by atoms with Crippen LogP contribution >= 0.6 is 12.2 Å². The lowest BCUT2D eigenvalue weighted by Gasteiger charge is -2.09. The predicted octanol–water partition coefficient (Wildman–Crippen LogP) is 2.30. The number of aromatic nitrogens is 2. The van der Waals surface area contributed by atoms with Gasteiger partial charge in [0.2, 0.25) is 0 Å². The van der Waals surface area contributed by atoms with E-state index in [-0.39, 0.29) is 10.8 Å². The summed E-state index contributed by atoms with van der Waals surface area (Å²) >= 11 is 4.88. The first kappa shape index (κ1) is 12.4. The molecule has 0 atom stereocenters. The maximum Gasteiger partial charge on any atom is 0.159 e. The molecule has 0 aliphatic carbocycles. The summed E-state index contributed by atoms with van der Waals surface area (Å²) in [6, 6.07) is 4.60. The number of aryl methyl sites for hydroxylation is 1. The number of rotatable bonds is 3. The number of nitrogens with two attached hydrogens (primary N) is 1. The second-order valence-corrected chi connectivity index (χ2v) is 4.20. The van der Waals surface area contributed by atoms with Gasteiger partial charge in [-0.15, -0.1) is 0 Å². The summed E-state index contributed by atoms with van der Waals surface area (Å²) in [6.07, 6.45) is 3.01. The van der Waals surface area contributed by atoms with Gasteiger partial charge in [-0.3, -0.25) is 0 Å². The van der Waals surface area contributed by atoms with Gasteiger partial charge in [0.1, 0.15) is 16.5 Å². The first-order valence-corrected chi connectivity index (χ1v) is 5.62. The van der Waals surface area contributed by atoms with Gasteiger partial charge in [0.15, 0.2) is 5.82 Å². The van der Waals surface area contributed by atoms with Crippen molar-refractivity contribution < 1.29 is 4.39 Å². The first-order chi connectivity index (χ1) is 8.56. The Morgan fingerprint density at radius 1 is 1.28 bits per heavy atom. The zero-order valence-corrected chi connectivity index (χ0v) is 10.5. The SMILES string of the molecule is Cc1cc(F)cc(Nc2nccnc2C(N)=S)c1. The Hall–Kier alpha value is -2.08. The summed E-state index contributed by atoms with van der Waals surface area (Å²) in [5.41, 5.74) is 7.31. The van der Waals surface area contributed by atoms with Crippen molar-refractivity contribution in [3.8, 4) is 0 Å². The number of thiocarbonyl (C=S) groups is 1. The third-order valence-electron chi connectivity index (χ3n) is 2.24. The zero-order valence-electron chi connectivity index (χ0n) is 9.64. The highest BCUT2D eigenvalue weighted by Gasteiger charge is 2.08. The fourth-order valence-corrected chi connectivity index (χ4v) is 1.70. The van der Waals surface area contributed by atoms with Crippen LogP contribution in [0, 0.1) is 12.7 Å². The summed E-state index contributed by atoms with van der Waals surface area (Å²) in [5, 5.41) is 2.95. The molecule has 2 rings (SSSR count). The standard InChI is InChI=1S/C12H11FN4S/c1-7-4-8(13)6-9(5-7)17-12-10(11(14)18)15-2-3-16-12/h2-6H,1H3,(H2,14,18)(H,16,17). The number of anilines is 2. The highest BCUT2D eigenvalue weighted by atomic mass is 32.1. The van der Waals surface area contributed by atoms with Gasteiger partial charge in [0.25, 0.3) is 0 Å². The number of hydrogen-bond donors (Lipinski definition) is 2. The third kappa shape index (κ3) is 2.78. The molecular formula is C12H11FN4S. The molecule has 18 heavy (non-hydrogen) atoms. The second kappa shape index (κ2) is 5.05. The molecule has 0 aliphatic rings. The molecule has 1 aromatic heterocycles. The van der Waals surface area contributed by atoms with E-state index >= 15 is 0 Å².